The summed E-state index contributed by atoms with van der Waals surface area (Å²) in [5.41, 5.74) is 8.25. The summed E-state index contributed by atoms with van der Waals surface area (Å²) in [6.07, 6.45) is 4.91. The van der Waals surface area contributed by atoms with Crippen LogP contribution in [0.2, 0.25) is 5.02 Å². The summed E-state index contributed by atoms with van der Waals surface area (Å²) in [6.45, 7) is 0. The number of halogens is 2. The number of rotatable bonds is 3. The fourth-order valence-corrected chi connectivity index (χ4v) is 3.29. The minimum absolute atomic E-state index is 0.560. The zero-order valence-electron chi connectivity index (χ0n) is 10.9. The van der Waals surface area contributed by atoms with Crippen molar-refractivity contribution in [2.45, 2.75) is 37.6 Å². The van der Waals surface area contributed by atoms with Gasteiger partial charge in [-0.05, 0) is 43.9 Å². The molecule has 0 atom stereocenters. The number of aromatic nitrogens is 2. The monoisotopic (exact) mass is 351 g/mol. The van der Waals surface area contributed by atoms with Gasteiger partial charge in [0.25, 0.3) is 0 Å². The van der Waals surface area contributed by atoms with Crippen molar-refractivity contribution in [3.63, 3.8) is 0 Å². The second kappa shape index (κ2) is 4.50. The van der Waals surface area contributed by atoms with Crippen molar-refractivity contribution in [2.24, 2.45) is 0 Å². The first-order valence-corrected chi connectivity index (χ1v) is 8.15. The third kappa shape index (κ3) is 2.06. The fourth-order valence-electron chi connectivity index (χ4n) is 2.69. The molecule has 1 heterocycles. The Labute approximate surface area is 131 Å². The van der Waals surface area contributed by atoms with Crippen LogP contribution in [0.3, 0.4) is 0 Å². The lowest BCUT2D eigenvalue weighted by Crippen LogP contribution is -2.04. The zero-order chi connectivity index (χ0) is 13.9. The first kappa shape index (κ1) is 12.7. The Morgan fingerprint density at radius 1 is 1.25 bits per heavy atom. The highest BCUT2D eigenvalue weighted by molar-refractivity contribution is 9.10. The number of benzene rings is 1. The van der Waals surface area contributed by atoms with Crippen LogP contribution in [0, 0.1) is 0 Å². The van der Waals surface area contributed by atoms with Crippen molar-refractivity contribution >= 4 is 33.3 Å². The van der Waals surface area contributed by atoms with E-state index in [0.717, 1.165) is 21.5 Å². The molecule has 2 aliphatic rings. The van der Waals surface area contributed by atoms with E-state index in [1.54, 1.807) is 0 Å². The van der Waals surface area contributed by atoms with Crippen molar-refractivity contribution in [2.75, 3.05) is 5.73 Å². The molecule has 4 rings (SSSR count). The highest BCUT2D eigenvalue weighted by atomic mass is 79.9. The van der Waals surface area contributed by atoms with Gasteiger partial charge >= 0.3 is 0 Å². The van der Waals surface area contributed by atoms with Gasteiger partial charge in [-0.1, -0.05) is 27.5 Å². The molecule has 2 N–H and O–H groups in total. The second-order valence-corrected chi connectivity index (χ2v) is 6.99. The number of hydrogen-bond donors (Lipinski definition) is 1. The molecule has 3 nitrogen and oxygen atoms in total. The molecule has 20 heavy (non-hydrogen) atoms. The first-order valence-electron chi connectivity index (χ1n) is 6.98. The molecule has 0 aliphatic heterocycles. The molecule has 2 aliphatic carbocycles. The largest absolute Gasteiger partial charge is 0.383 e. The van der Waals surface area contributed by atoms with Gasteiger partial charge in [0.15, 0.2) is 0 Å². The Morgan fingerprint density at radius 3 is 2.65 bits per heavy atom. The Bertz CT molecular complexity index is 687. The predicted molar refractivity (Wildman–Crippen MR) is 85.0 cm³/mol. The topological polar surface area (TPSA) is 43.8 Å². The number of nitrogen functional groups attached to an aromatic ring is 1. The molecule has 0 radical (unpaired) electrons. The van der Waals surface area contributed by atoms with Gasteiger partial charge in [0.05, 0.1) is 0 Å². The van der Waals surface area contributed by atoms with Crippen molar-refractivity contribution < 1.29 is 0 Å². The molecule has 0 amide bonds. The molecule has 0 spiro atoms. The molecule has 1 aromatic heterocycles. The molecular formula is C15H15BrClN3. The van der Waals surface area contributed by atoms with Crippen molar-refractivity contribution in [3.05, 3.63) is 33.5 Å². The van der Waals surface area contributed by atoms with E-state index in [4.69, 9.17) is 22.3 Å². The third-order valence-electron chi connectivity index (χ3n) is 4.01. The molecule has 1 aromatic carbocycles. The van der Waals surface area contributed by atoms with Crippen LogP contribution in [0.15, 0.2) is 22.7 Å². The fraction of sp³-hybridized carbons (Fsp3) is 0.400. The maximum absolute atomic E-state index is 6.40. The minimum atomic E-state index is 0.560. The summed E-state index contributed by atoms with van der Waals surface area (Å²) in [5.74, 6) is 2.56. The van der Waals surface area contributed by atoms with Gasteiger partial charge in [-0.3, -0.25) is 0 Å². The maximum Gasteiger partial charge on any atom is 0.132 e. The first-order chi connectivity index (χ1) is 9.65. The summed E-state index contributed by atoms with van der Waals surface area (Å²) in [4.78, 5) is 4.85. The molecule has 0 unspecified atom stereocenters. The minimum Gasteiger partial charge on any atom is -0.383 e. The normalized spacial score (nSPS) is 18.5. The Balaban J connectivity index is 1.89. The second-order valence-electron chi connectivity index (χ2n) is 5.70. The highest BCUT2D eigenvalue weighted by Gasteiger charge is 2.36. The van der Waals surface area contributed by atoms with E-state index >= 15 is 0 Å². The van der Waals surface area contributed by atoms with Gasteiger partial charge in [-0.2, -0.15) is 0 Å². The van der Waals surface area contributed by atoms with Crippen LogP contribution in [0.5, 0.6) is 0 Å². The van der Waals surface area contributed by atoms with E-state index < -0.39 is 0 Å². The lowest BCUT2D eigenvalue weighted by molar-refractivity contribution is 0.691. The number of nitrogens with zero attached hydrogens (tertiary/aromatic N) is 2. The van der Waals surface area contributed by atoms with Gasteiger partial charge in [-0.15, -0.1) is 0 Å². The quantitative estimate of drug-likeness (QED) is 0.865. The molecule has 2 aromatic rings. The maximum atomic E-state index is 6.40. The molecule has 0 bridgehead atoms. The van der Waals surface area contributed by atoms with Crippen LogP contribution in [0.25, 0.3) is 11.3 Å². The van der Waals surface area contributed by atoms with Crippen LogP contribution in [-0.4, -0.2) is 9.55 Å². The lowest BCUT2D eigenvalue weighted by Gasteiger charge is -2.07. The van der Waals surface area contributed by atoms with Crippen LogP contribution in [0.1, 0.15) is 43.5 Å². The van der Waals surface area contributed by atoms with Crippen LogP contribution < -0.4 is 5.73 Å². The van der Waals surface area contributed by atoms with E-state index in [2.05, 4.69) is 20.5 Å². The Hall–Kier alpha value is -1.00. The smallest absolute Gasteiger partial charge is 0.132 e. The third-order valence-corrected chi connectivity index (χ3v) is 4.94. The van der Waals surface area contributed by atoms with Gasteiger partial charge < -0.3 is 10.3 Å². The zero-order valence-corrected chi connectivity index (χ0v) is 13.3. The average Bonchev–Trinajstić information content (AvgIpc) is 3.31. The predicted octanol–water partition coefficient (Wildman–Crippen LogP) is 4.76. The SMILES string of the molecule is Nc1c(-c2cc(Cl)ccc2Br)nc(C2CC2)n1C1CC1. The summed E-state index contributed by atoms with van der Waals surface area (Å²) >= 11 is 9.70. The van der Waals surface area contributed by atoms with Crippen LogP contribution >= 0.6 is 27.5 Å². The Kier molecular flexibility index (Phi) is 2.86. The highest BCUT2D eigenvalue weighted by Crippen LogP contribution is 2.48. The summed E-state index contributed by atoms with van der Waals surface area (Å²) in [5, 5.41) is 0.705. The summed E-state index contributed by atoms with van der Waals surface area (Å²) in [7, 11) is 0. The van der Waals surface area contributed by atoms with Crippen LogP contribution in [0.4, 0.5) is 5.82 Å². The Morgan fingerprint density at radius 2 is 2.00 bits per heavy atom. The van der Waals surface area contributed by atoms with E-state index in [9.17, 15) is 0 Å². The van der Waals surface area contributed by atoms with Gasteiger partial charge in [0.2, 0.25) is 0 Å². The molecule has 2 saturated carbocycles. The van der Waals surface area contributed by atoms with E-state index in [-0.39, 0.29) is 0 Å². The number of imidazole rings is 1. The van der Waals surface area contributed by atoms with Crippen molar-refractivity contribution in [1.82, 2.24) is 9.55 Å². The van der Waals surface area contributed by atoms with Gasteiger partial charge in [0, 0.05) is 27.0 Å². The lowest BCUT2D eigenvalue weighted by atomic mass is 10.1. The van der Waals surface area contributed by atoms with E-state index in [0.29, 0.717) is 17.0 Å². The van der Waals surface area contributed by atoms with E-state index in [1.807, 2.05) is 18.2 Å². The molecule has 2 fully saturated rings. The molecule has 5 heteroatoms. The van der Waals surface area contributed by atoms with E-state index in [1.165, 1.54) is 31.5 Å². The number of nitrogens with two attached hydrogens (primary N) is 1. The molecular weight excluding hydrogens is 338 g/mol. The van der Waals surface area contributed by atoms with Gasteiger partial charge in [0.1, 0.15) is 17.3 Å². The number of anilines is 1. The number of hydrogen-bond acceptors (Lipinski definition) is 2. The van der Waals surface area contributed by atoms with Crippen LogP contribution in [-0.2, 0) is 0 Å². The standard InChI is InChI=1S/C15H15BrClN3/c16-12-6-3-9(17)7-11(12)13-14(18)20(10-4-5-10)15(19-13)8-1-2-8/h3,6-8,10H,1-2,4-5,18H2. The molecule has 104 valence electrons. The average molecular weight is 353 g/mol. The summed E-state index contributed by atoms with van der Waals surface area (Å²) in [6, 6.07) is 6.30. The van der Waals surface area contributed by atoms with Crippen molar-refractivity contribution in [1.29, 1.82) is 0 Å². The van der Waals surface area contributed by atoms with Gasteiger partial charge in [-0.25, -0.2) is 4.98 Å². The van der Waals surface area contributed by atoms with Crippen molar-refractivity contribution in [3.8, 4) is 11.3 Å². The summed E-state index contributed by atoms with van der Waals surface area (Å²) < 4.78 is 3.25. The molecule has 0 saturated heterocycles.